The molecule has 110 valence electrons. The molecular formula is C17H24BrNO. The summed E-state index contributed by atoms with van der Waals surface area (Å²) < 4.78 is 0. The summed E-state index contributed by atoms with van der Waals surface area (Å²) in [7, 11) is 0. The topological polar surface area (TPSA) is 20.3 Å². The first-order valence-electron chi connectivity index (χ1n) is 7.39. The molecule has 0 aromatic heterocycles. The summed E-state index contributed by atoms with van der Waals surface area (Å²) in [6.07, 6.45) is 2.14. The molecule has 0 radical (unpaired) electrons. The van der Waals surface area contributed by atoms with Crippen LogP contribution in [-0.2, 0) is 10.2 Å². The first-order chi connectivity index (χ1) is 9.41. The minimum absolute atomic E-state index is 0.156. The number of halogens is 1. The molecule has 0 atom stereocenters. The zero-order valence-corrected chi connectivity index (χ0v) is 14.5. The molecule has 1 aliphatic rings. The highest BCUT2D eigenvalue weighted by atomic mass is 79.9. The molecule has 1 aliphatic heterocycles. The predicted octanol–water partition coefficient (Wildman–Crippen LogP) is 4.51. The van der Waals surface area contributed by atoms with Gasteiger partial charge in [0.05, 0.1) is 5.41 Å². The molecule has 1 heterocycles. The third-order valence-electron chi connectivity index (χ3n) is 4.93. The fourth-order valence-corrected chi connectivity index (χ4v) is 3.97. The Morgan fingerprint density at radius 1 is 1.20 bits per heavy atom. The molecule has 0 saturated carbocycles. The molecular weight excluding hydrogens is 314 g/mol. The average molecular weight is 338 g/mol. The van der Waals surface area contributed by atoms with Gasteiger partial charge in [0.15, 0.2) is 0 Å². The second kappa shape index (κ2) is 5.51. The van der Waals surface area contributed by atoms with Crippen LogP contribution in [-0.4, -0.2) is 17.8 Å². The lowest BCUT2D eigenvalue weighted by atomic mass is 9.83. The van der Waals surface area contributed by atoms with Crippen LogP contribution < -0.4 is 4.90 Å². The molecule has 2 rings (SSSR count). The van der Waals surface area contributed by atoms with Crippen molar-refractivity contribution in [2.75, 3.05) is 16.8 Å². The normalized spacial score (nSPS) is 17.4. The highest BCUT2D eigenvalue weighted by Crippen LogP contribution is 2.43. The third kappa shape index (κ3) is 2.30. The van der Waals surface area contributed by atoms with Crippen molar-refractivity contribution in [2.24, 2.45) is 5.41 Å². The van der Waals surface area contributed by atoms with E-state index in [-0.39, 0.29) is 11.3 Å². The Hall–Kier alpha value is -0.830. The Morgan fingerprint density at radius 2 is 1.80 bits per heavy atom. The number of alkyl halides is 1. The van der Waals surface area contributed by atoms with Crippen LogP contribution in [0.15, 0.2) is 24.3 Å². The SMILES string of the molecule is CCC(CC)(CBr)CN1C(=O)C(C)(C)c2ccccc21. The molecule has 0 saturated heterocycles. The maximum atomic E-state index is 12.8. The fraction of sp³-hybridized carbons (Fsp3) is 0.588. The molecule has 0 bridgehead atoms. The van der Waals surface area contributed by atoms with E-state index in [0.717, 1.165) is 36.0 Å². The van der Waals surface area contributed by atoms with Gasteiger partial charge in [0.25, 0.3) is 0 Å². The van der Waals surface area contributed by atoms with E-state index in [2.05, 4.69) is 41.9 Å². The van der Waals surface area contributed by atoms with Gasteiger partial charge < -0.3 is 4.90 Å². The number of hydrogen-bond acceptors (Lipinski definition) is 1. The average Bonchev–Trinajstić information content (AvgIpc) is 2.66. The molecule has 0 aliphatic carbocycles. The van der Waals surface area contributed by atoms with E-state index in [1.165, 1.54) is 0 Å². The number of anilines is 1. The highest BCUT2D eigenvalue weighted by molar-refractivity contribution is 9.09. The summed E-state index contributed by atoms with van der Waals surface area (Å²) in [6, 6.07) is 8.20. The van der Waals surface area contributed by atoms with Gasteiger partial charge in [-0.25, -0.2) is 0 Å². The van der Waals surface area contributed by atoms with E-state index in [9.17, 15) is 4.79 Å². The van der Waals surface area contributed by atoms with Crippen molar-refractivity contribution in [1.82, 2.24) is 0 Å². The van der Waals surface area contributed by atoms with Crippen molar-refractivity contribution in [1.29, 1.82) is 0 Å². The van der Waals surface area contributed by atoms with Crippen molar-refractivity contribution in [3.05, 3.63) is 29.8 Å². The molecule has 0 N–H and O–H groups in total. The molecule has 1 aromatic carbocycles. The summed E-state index contributed by atoms with van der Waals surface area (Å²) in [5.74, 6) is 0.228. The Balaban J connectivity index is 2.41. The predicted molar refractivity (Wildman–Crippen MR) is 88.6 cm³/mol. The molecule has 3 heteroatoms. The van der Waals surface area contributed by atoms with E-state index >= 15 is 0 Å². The van der Waals surface area contributed by atoms with Crippen LogP contribution in [0.1, 0.15) is 46.1 Å². The highest BCUT2D eigenvalue weighted by Gasteiger charge is 2.45. The van der Waals surface area contributed by atoms with E-state index in [4.69, 9.17) is 0 Å². The number of amides is 1. The van der Waals surface area contributed by atoms with E-state index in [1.54, 1.807) is 0 Å². The molecule has 20 heavy (non-hydrogen) atoms. The van der Waals surface area contributed by atoms with Gasteiger partial charge in [0.1, 0.15) is 0 Å². The Bertz CT molecular complexity index is 497. The second-order valence-corrected chi connectivity index (χ2v) is 6.93. The lowest BCUT2D eigenvalue weighted by Gasteiger charge is -2.35. The largest absolute Gasteiger partial charge is 0.311 e. The van der Waals surface area contributed by atoms with Gasteiger partial charge in [-0.2, -0.15) is 0 Å². The number of benzene rings is 1. The molecule has 0 fully saturated rings. The minimum atomic E-state index is -0.407. The summed E-state index contributed by atoms with van der Waals surface area (Å²) >= 11 is 3.65. The lowest BCUT2D eigenvalue weighted by molar-refractivity contribution is -0.122. The Morgan fingerprint density at radius 3 is 2.35 bits per heavy atom. The quantitative estimate of drug-likeness (QED) is 0.723. The number of carbonyl (C=O) groups excluding carboxylic acids is 1. The van der Waals surface area contributed by atoms with Crippen LogP contribution >= 0.6 is 15.9 Å². The molecule has 0 spiro atoms. The van der Waals surface area contributed by atoms with Gasteiger partial charge in [-0.1, -0.05) is 48.0 Å². The van der Waals surface area contributed by atoms with Gasteiger partial charge in [0, 0.05) is 17.6 Å². The third-order valence-corrected chi connectivity index (χ3v) is 6.11. The first-order valence-corrected chi connectivity index (χ1v) is 8.51. The van der Waals surface area contributed by atoms with Gasteiger partial charge in [-0.05, 0) is 43.7 Å². The van der Waals surface area contributed by atoms with Crippen LogP contribution in [0, 0.1) is 5.41 Å². The summed E-state index contributed by atoms with van der Waals surface area (Å²) in [4.78, 5) is 14.8. The number of carbonyl (C=O) groups is 1. The summed E-state index contributed by atoms with van der Waals surface area (Å²) in [5.41, 5.74) is 2.00. The zero-order valence-electron chi connectivity index (χ0n) is 12.9. The van der Waals surface area contributed by atoms with Crippen LogP contribution in [0.2, 0.25) is 0 Å². The Kier molecular flexibility index (Phi) is 4.29. The van der Waals surface area contributed by atoms with Crippen LogP contribution in [0.25, 0.3) is 0 Å². The maximum absolute atomic E-state index is 12.8. The fourth-order valence-electron chi connectivity index (χ4n) is 3.00. The first kappa shape index (κ1) is 15.6. The van der Waals surface area contributed by atoms with E-state index < -0.39 is 5.41 Å². The monoisotopic (exact) mass is 337 g/mol. The molecule has 0 unspecified atom stereocenters. The van der Waals surface area contributed by atoms with Crippen molar-refractivity contribution < 1.29 is 4.79 Å². The molecule has 1 amide bonds. The van der Waals surface area contributed by atoms with Crippen molar-refractivity contribution in [3.63, 3.8) is 0 Å². The Labute approximate surface area is 130 Å². The summed E-state index contributed by atoms with van der Waals surface area (Å²) in [6.45, 7) is 9.28. The summed E-state index contributed by atoms with van der Waals surface area (Å²) in [5, 5.41) is 0.930. The maximum Gasteiger partial charge on any atom is 0.237 e. The number of para-hydroxylation sites is 1. The van der Waals surface area contributed by atoms with E-state index in [0.29, 0.717) is 0 Å². The van der Waals surface area contributed by atoms with Crippen LogP contribution in [0.4, 0.5) is 5.69 Å². The van der Waals surface area contributed by atoms with E-state index in [1.807, 2.05) is 30.9 Å². The van der Waals surface area contributed by atoms with Gasteiger partial charge >= 0.3 is 0 Å². The van der Waals surface area contributed by atoms with Crippen LogP contribution in [0.3, 0.4) is 0 Å². The zero-order chi connectivity index (χ0) is 15.0. The number of rotatable bonds is 5. The molecule has 2 nitrogen and oxygen atoms in total. The number of hydrogen-bond donors (Lipinski definition) is 0. The molecule has 1 aromatic rings. The van der Waals surface area contributed by atoms with Gasteiger partial charge in [-0.15, -0.1) is 0 Å². The smallest absolute Gasteiger partial charge is 0.237 e. The minimum Gasteiger partial charge on any atom is -0.311 e. The number of fused-ring (bicyclic) bond motifs is 1. The van der Waals surface area contributed by atoms with Crippen molar-refractivity contribution >= 4 is 27.5 Å². The lowest BCUT2D eigenvalue weighted by Crippen LogP contribution is -2.43. The van der Waals surface area contributed by atoms with Gasteiger partial charge in [0.2, 0.25) is 5.91 Å². The van der Waals surface area contributed by atoms with Crippen molar-refractivity contribution in [3.8, 4) is 0 Å². The van der Waals surface area contributed by atoms with Crippen LogP contribution in [0.5, 0.6) is 0 Å². The van der Waals surface area contributed by atoms with Crippen molar-refractivity contribution in [2.45, 2.75) is 46.0 Å². The second-order valence-electron chi connectivity index (χ2n) is 6.37. The van der Waals surface area contributed by atoms with Gasteiger partial charge in [-0.3, -0.25) is 4.79 Å². The number of nitrogens with zero attached hydrogens (tertiary/aromatic N) is 1. The standard InChI is InChI=1S/C17H24BrNO/c1-5-17(6-2,11-18)12-19-14-10-8-7-9-13(14)16(3,4)15(19)20/h7-10H,5-6,11-12H2,1-4H3.